The Kier molecular flexibility index (Phi) is 5.89. The van der Waals surface area contributed by atoms with Crippen molar-refractivity contribution >= 4 is 29.1 Å². The topological polar surface area (TPSA) is 92.3 Å². The number of ether oxygens (including phenoxy) is 1. The van der Waals surface area contributed by atoms with Crippen LogP contribution in [0.1, 0.15) is 23.7 Å². The third kappa shape index (κ3) is 4.67. The van der Waals surface area contributed by atoms with Gasteiger partial charge in [0.15, 0.2) is 0 Å². The van der Waals surface area contributed by atoms with Crippen LogP contribution in [0.3, 0.4) is 0 Å². The molecule has 0 saturated carbocycles. The number of nitrogens with one attached hydrogen (secondary N) is 2. The lowest BCUT2D eigenvalue weighted by atomic mass is 10.0. The van der Waals surface area contributed by atoms with E-state index in [9.17, 15) is 18.0 Å². The van der Waals surface area contributed by atoms with E-state index in [2.05, 4.69) is 20.3 Å². The van der Waals surface area contributed by atoms with Crippen LogP contribution < -0.4 is 15.5 Å². The van der Waals surface area contributed by atoms with Crippen LogP contribution in [0.5, 0.6) is 0 Å². The van der Waals surface area contributed by atoms with Gasteiger partial charge in [0.25, 0.3) is 0 Å². The van der Waals surface area contributed by atoms with Crippen molar-refractivity contribution in [2.24, 2.45) is 0 Å². The number of hydrogen-bond acceptors (Lipinski definition) is 7. The number of nitrogens with zero attached hydrogens (tertiary/aromatic N) is 4. The van der Waals surface area contributed by atoms with E-state index < -0.39 is 24.7 Å². The molecule has 4 heterocycles. The fourth-order valence-electron chi connectivity index (χ4n) is 3.87. The van der Waals surface area contributed by atoms with Gasteiger partial charge >= 0.3 is 6.18 Å². The van der Waals surface area contributed by atoms with Crippen molar-refractivity contribution in [3.05, 3.63) is 40.9 Å². The molecule has 166 valence electrons. The average Bonchev–Trinajstić information content (AvgIpc) is 3.35. The molecule has 2 aromatic rings. The van der Waals surface area contributed by atoms with Gasteiger partial charge in [0.2, 0.25) is 5.91 Å². The zero-order chi connectivity index (χ0) is 22.2. The fraction of sp³-hybridized carbons (Fsp3) is 0.474. The van der Waals surface area contributed by atoms with Crippen LogP contribution in [0.2, 0.25) is 5.02 Å². The summed E-state index contributed by atoms with van der Waals surface area (Å²) >= 11 is 6.08. The number of amides is 1. The molecular formula is C19H20ClF3N6O2. The molecule has 2 N–H and O–H groups in total. The maximum atomic E-state index is 12.5. The van der Waals surface area contributed by atoms with Gasteiger partial charge in [-0.3, -0.25) is 4.79 Å². The molecule has 0 spiro atoms. The van der Waals surface area contributed by atoms with E-state index in [1.807, 2.05) is 5.32 Å². The quantitative estimate of drug-likeness (QED) is 0.713. The van der Waals surface area contributed by atoms with Crippen molar-refractivity contribution in [1.82, 2.24) is 20.3 Å². The average molecular weight is 457 g/mol. The van der Waals surface area contributed by atoms with Crippen molar-refractivity contribution in [3.63, 3.8) is 0 Å². The summed E-state index contributed by atoms with van der Waals surface area (Å²) < 4.78 is 43.0. The Balaban J connectivity index is 1.59. The predicted octanol–water partition coefficient (Wildman–Crippen LogP) is 2.35. The normalized spacial score (nSPS) is 22.9. The maximum absolute atomic E-state index is 12.5. The largest absolute Gasteiger partial charge is 0.405 e. The molecule has 0 radical (unpaired) electrons. The van der Waals surface area contributed by atoms with Crippen molar-refractivity contribution in [2.75, 3.05) is 37.0 Å². The lowest BCUT2D eigenvalue weighted by Crippen LogP contribution is -2.46. The molecule has 2 aliphatic heterocycles. The molecule has 1 fully saturated rings. The molecule has 8 nitrogen and oxygen atoms in total. The number of carbonyl (C=O) groups is 1. The molecule has 3 atom stereocenters. The molecule has 2 aromatic heterocycles. The summed E-state index contributed by atoms with van der Waals surface area (Å²) in [7, 11) is 1.50. The SMILES string of the molecule is CO[C@H]1C[C@H](C(=O)NCC(F)(F)F)N(c2ccnc(C3CNc4ncc(Cl)cc43)n2)C1. The first-order chi connectivity index (χ1) is 14.7. The summed E-state index contributed by atoms with van der Waals surface area (Å²) in [5.74, 6) is 0.733. The first-order valence-corrected chi connectivity index (χ1v) is 9.99. The second kappa shape index (κ2) is 8.46. The van der Waals surface area contributed by atoms with E-state index in [4.69, 9.17) is 16.3 Å². The molecule has 0 aromatic carbocycles. The number of carbonyl (C=O) groups excluding carboxylic acids is 1. The van der Waals surface area contributed by atoms with Crippen LogP contribution in [-0.2, 0) is 9.53 Å². The molecule has 2 aliphatic rings. The Hall–Kier alpha value is -2.66. The minimum absolute atomic E-state index is 0.195. The van der Waals surface area contributed by atoms with Crippen LogP contribution in [-0.4, -0.2) is 65.9 Å². The van der Waals surface area contributed by atoms with Gasteiger partial charge in [0.1, 0.15) is 30.0 Å². The minimum atomic E-state index is -4.49. The van der Waals surface area contributed by atoms with Crippen molar-refractivity contribution in [3.8, 4) is 0 Å². The molecule has 1 saturated heterocycles. The summed E-state index contributed by atoms with van der Waals surface area (Å²) in [5, 5.41) is 5.64. The molecule has 1 amide bonds. The summed E-state index contributed by atoms with van der Waals surface area (Å²) in [4.78, 5) is 27.4. The summed E-state index contributed by atoms with van der Waals surface area (Å²) in [6.45, 7) is -0.534. The smallest absolute Gasteiger partial charge is 0.380 e. The third-order valence-corrected chi connectivity index (χ3v) is 5.57. The van der Waals surface area contributed by atoms with Gasteiger partial charge in [0, 0.05) is 44.6 Å². The number of alkyl halides is 3. The van der Waals surface area contributed by atoms with Gasteiger partial charge in [0.05, 0.1) is 17.0 Å². The van der Waals surface area contributed by atoms with E-state index in [-0.39, 0.29) is 18.4 Å². The monoisotopic (exact) mass is 456 g/mol. The standard InChI is InChI=1S/C19H20ClF3N6O2/c1-31-11-5-14(18(30)27-9-19(21,22)23)29(8-11)15-2-3-24-17(28-15)13-7-26-16-12(13)4-10(20)6-25-16/h2-4,6,11,13-14H,5,7-9H2,1H3,(H,25,26)(H,27,30)/t11-,13?,14+/m0/s1. The predicted molar refractivity (Wildman–Crippen MR) is 107 cm³/mol. The lowest BCUT2D eigenvalue weighted by molar-refractivity contribution is -0.139. The highest BCUT2D eigenvalue weighted by atomic mass is 35.5. The minimum Gasteiger partial charge on any atom is -0.380 e. The first-order valence-electron chi connectivity index (χ1n) is 9.61. The molecule has 4 rings (SSSR count). The van der Waals surface area contributed by atoms with Gasteiger partial charge in [-0.15, -0.1) is 0 Å². The van der Waals surface area contributed by atoms with E-state index in [1.54, 1.807) is 29.4 Å². The summed E-state index contributed by atoms with van der Waals surface area (Å²) in [6, 6.07) is 2.60. The van der Waals surface area contributed by atoms with E-state index in [0.29, 0.717) is 35.6 Å². The van der Waals surface area contributed by atoms with E-state index >= 15 is 0 Å². The van der Waals surface area contributed by atoms with Crippen LogP contribution in [0, 0.1) is 0 Å². The van der Waals surface area contributed by atoms with Crippen molar-refractivity contribution < 1.29 is 22.7 Å². The maximum Gasteiger partial charge on any atom is 0.405 e. The van der Waals surface area contributed by atoms with Crippen molar-refractivity contribution in [2.45, 2.75) is 30.7 Å². The van der Waals surface area contributed by atoms with Crippen LogP contribution in [0.15, 0.2) is 24.5 Å². The van der Waals surface area contributed by atoms with Gasteiger partial charge in [-0.05, 0) is 12.1 Å². The molecule has 12 heteroatoms. The summed E-state index contributed by atoms with van der Waals surface area (Å²) in [6.07, 6.45) is -1.42. The Bertz CT molecular complexity index is 976. The molecule has 31 heavy (non-hydrogen) atoms. The van der Waals surface area contributed by atoms with Crippen LogP contribution >= 0.6 is 11.6 Å². The highest BCUT2D eigenvalue weighted by molar-refractivity contribution is 6.30. The van der Waals surface area contributed by atoms with Gasteiger partial charge < -0.3 is 20.3 Å². The second-order valence-electron chi connectivity index (χ2n) is 7.39. The van der Waals surface area contributed by atoms with Gasteiger partial charge in [-0.25, -0.2) is 15.0 Å². The number of rotatable bonds is 5. The second-order valence-corrected chi connectivity index (χ2v) is 7.83. The number of methoxy groups -OCH3 is 1. The Morgan fingerprint density at radius 3 is 2.97 bits per heavy atom. The summed E-state index contributed by atoms with van der Waals surface area (Å²) in [5.41, 5.74) is 0.861. The van der Waals surface area contributed by atoms with Crippen molar-refractivity contribution in [1.29, 1.82) is 0 Å². The number of halogens is 4. The molecule has 0 aliphatic carbocycles. The number of fused-ring (bicyclic) bond motifs is 1. The lowest BCUT2D eigenvalue weighted by Gasteiger charge is -2.25. The fourth-order valence-corrected chi connectivity index (χ4v) is 4.04. The highest BCUT2D eigenvalue weighted by Gasteiger charge is 2.39. The zero-order valence-corrected chi connectivity index (χ0v) is 17.2. The third-order valence-electron chi connectivity index (χ3n) is 5.36. The Labute approximate surface area is 181 Å². The Morgan fingerprint density at radius 2 is 2.23 bits per heavy atom. The zero-order valence-electron chi connectivity index (χ0n) is 16.5. The number of aromatic nitrogens is 3. The highest BCUT2D eigenvalue weighted by Crippen LogP contribution is 2.35. The number of hydrogen-bond donors (Lipinski definition) is 2. The van der Waals surface area contributed by atoms with E-state index in [1.165, 1.54) is 7.11 Å². The number of pyridine rings is 1. The molecule has 1 unspecified atom stereocenters. The van der Waals surface area contributed by atoms with Crippen LogP contribution in [0.4, 0.5) is 24.8 Å². The molecular weight excluding hydrogens is 437 g/mol. The van der Waals surface area contributed by atoms with Crippen LogP contribution in [0.25, 0.3) is 0 Å². The molecule has 0 bridgehead atoms. The van der Waals surface area contributed by atoms with E-state index in [0.717, 1.165) is 5.56 Å². The Morgan fingerprint density at radius 1 is 1.42 bits per heavy atom. The first kappa shape index (κ1) is 21.6. The number of anilines is 2. The van der Waals surface area contributed by atoms with Gasteiger partial charge in [-0.1, -0.05) is 11.6 Å². The van der Waals surface area contributed by atoms with Gasteiger partial charge in [-0.2, -0.15) is 13.2 Å².